The van der Waals surface area contributed by atoms with E-state index in [4.69, 9.17) is 0 Å². The van der Waals surface area contributed by atoms with Crippen LogP contribution in [-0.4, -0.2) is 23.8 Å². The van der Waals surface area contributed by atoms with E-state index in [9.17, 15) is 5.11 Å². The molecule has 0 aromatic carbocycles. The van der Waals surface area contributed by atoms with Gasteiger partial charge in [0.1, 0.15) is 0 Å². The molecule has 0 rings (SSSR count). The Balaban J connectivity index is 3.29. The Morgan fingerprint density at radius 1 is 1.45 bits per heavy atom. The van der Waals surface area contributed by atoms with Gasteiger partial charge in [0.25, 0.3) is 0 Å². The highest BCUT2D eigenvalue weighted by Crippen LogP contribution is 1.91. The van der Waals surface area contributed by atoms with E-state index in [-0.39, 0.29) is 6.10 Å². The highest BCUT2D eigenvalue weighted by Gasteiger charge is 2.00. The van der Waals surface area contributed by atoms with E-state index < -0.39 is 0 Å². The fraction of sp³-hybridized carbons (Fsp3) is 0.778. The van der Waals surface area contributed by atoms with Gasteiger partial charge in [0.05, 0.1) is 6.10 Å². The van der Waals surface area contributed by atoms with Crippen LogP contribution in [0.25, 0.3) is 0 Å². The molecule has 0 saturated heterocycles. The number of allylic oxidation sites excluding steroid dienone is 1. The number of nitrogens with one attached hydrogen (secondary N) is 1. The van der Waals surface area contributed by atoms with E-state index in [0.29, 0.717) is 12.6 Å². The Morgan fingerprint density at radius 3 is 2.55 bits per heavy atom. The Labute approximate surface area is 69.3 Å². The van der Waals surface area contributed by atoms with E-state index in [2.05, 4.69) is 19.2 Å². The van der Waals surface area contributed by atoms with E-state index in [1.165, 1.54) is 0 Å². The first-order valence-corrected chi connectivity index (χ1v) is 4.19. The van der Waals surface area contributed by atoms with Crippen molar-refractivity contribution in [3.8, 4) is 0 Å². The van der Waals surface area contributed by atoms with Crippen molar-refractivity contribution in [2.45, 2.75) is 39.3 Å². The van der Waals surface area contributed by atoms with Gasteiger partial charge in [-0.05, 0) is 13.3 Å². The van der Waals surface area contributed by atoms with Crippen LogP contribution in [0.15, 0.2) is 12.2 Å². The second kappa shape index (κ2) is 6.38. The summed E-state index contributed by atoms with van der Waals surface area (Å²) in [5, 5.41) is 12.5. The molecular weight excluding hydrogens is 138 g/mol. The molecule has 2 N–H and O–H groups in total. The van der Waals surface area contributed by atoms with Crippen LogP contribution < -0.4 is 5.32 Å². The second-order valence-electron chi connectivity index (χ2n) is 3.02. The molecule has 1 unspecified atom stereocenters. The number of aliphatic hydroxyl groups is 1. The third-order valence-corrected chi connectivity index (χ3v) is 1.41. The molecule has 1 atom stereocenters. The fourth-order valence-electron chi connectivity index (χ4n) is 0.748. The van der Waals surface area contributed by atoms with Crippen LogP contribution in [0.2, 0.25) is 0 Å². The minimum Gasteiger partial charge on any atom is -0.391 e. The van der Waals surface area contributed by atoms with E-state index >= 15 is 0 Å². The lowest BCUT2D eigenvalue weighted by Crippen LogP contribution is -2.31. The van der Waals surface area contributed by atoms with Gasteiger partial charge in [-0.25, -0.2) is 0 Å². The summed E-state index contributed by atoms with van der Waals surface area (Å²) in [5.41, 5.74) is 0. The summed E-state index contributed by atoms with van der Waals surface area (Å²) >= 11 is 0. The fourth-order valence-corrected chi connectivity index (χ4v) is 0.748. The van der Waals surface area contributed by atoms with Crippen LogP contribution in [0, 0.1) is 0 Å². The van der Waals surface area contributed by atoms with Crippen molar-refractivity contribution in [1.82, 2.24) is 5.32 Å². The van der Waals surface area contributed by atoms with Gasteiger partial charge in [0, 0.05) is 12.6 Å². The lowest BCUT2D eigenvalue weighted by Gasteiger charge is -2.11. The monoisotopic (exact) mass is 157 g/mol. The Hall–Kier alpha value is -0.340. The molecule has 0 radical (unpaired) electrons. The van der Waals surface area contributed by atoms with Crippen molar-refractivity contribution in [1.29, 1.82) is 0 Å². The van der Waals surface area contributed by atoms with Gasteiger partial charge >= 0.3 is 0 Å². The first kappa shape index (κ1) is 10.7. The first-order chi connectivity index (χ1) is 5.16. The predicted octanol–water partition coefficient (Wildman–Crippen LogP) is 1.31. The number of hydrogen-bond acceptors (Lipinski definition) is 2. The average molecular weight is 157 g/mol. The maximum atomic E-state index is 9.32. The number of aliphatic hydroxyl groups excluding tert-OH is 1. The zero-order valence-corrected chi connectivity index (χ0v) is 7.67. The molecule has 0 aromatic rings. The molecule has 11 heavy (non-hydrogen) atoms. The Morgan fingerprint density at radius 2 is 2.09 bits per heavy atom. The minimum atomic E-state index is -0.242. The molecule has 0 spiro atoms. The molecule has 66 valence electrons. The van der Waals surface area contributed by atoms with Crippen molar-refractivity contribution >= 4 is 0 Å². The summed E-state index contributed by atoms with van der Waals surface area (Å²) in [7, 11) is 0. The highest BCUT2D eigenvalue weighted by atomic mass is 16.3. The first-order valence-electron chi connectivity index (χ1n) is 4.19. The van der Waals surface area contributed by atoms with Crippen LogP contribution in [0.1, 0.15) is 27.2 Å². The zero-order chi connectivity index (χ0) is 8.69. The van der Waals surface area contributed by atoms with Crippen LogP contribution >= 0.6 is 0 Å². The molecule has 0 bridgehead atoms. The summed E-state index contributed by atoms with van der Waals surface area (Å²) < 4.78 is 0. The Kier molecular flexibility index (Phi) is 6.18. The van der Waals surface area contributed by atoms with Crippen LogP contribution in [0.5, 0.6) is 0 Å². The lowest BCUT2D eigenvalue weighted by atomic mass is 10.2. The highest BCUT2D eigenvalue weighted by molar-refractivity contribution is 4.81. The third kappa shape index (κ3) is 7.56. The van der Waals surface area contributed by atoms with Gasteiger partial charge in [-0.1, -0.05) is 26.0 Å². The molecule has 2 heteroatoms. The van der Waals surface area contributed by atoms with Gasteiger partial charge in [-0.2, -0.15) is 0 Å². The molecule has 0 fully saturated rings. The van der Waals surface area contributed by atoms with Crippen molar-refractivity contribution in [3.63, 3.8) is 0 Å². The number of hydrogen-bond donors (Lipinski definition) is 2. The van der Waals surface area contributed by atoms with E-state index in [1.54, 1.807) is 0 Å². The average Bonchev–Trinajstić information content (AvgIpc) is 1.97. The normalized spacial score (nSPS) is 14.6. The van der Waals surface area contributed by atoms with Crippen molar-refractivity contribution < 1.29 is 5.11 Å². The standard InChI is InChI=1S/C9H19NO/c1-4-5-6-9(11)7-10-8(2)3/h4-5,8-11H,6-7H2,1-3H3/b5-4+. The molecule has 0 heterocycles. The second-order valence-corrected chi connectivity index (χ2v) is 3.02. The largest absolute Gasteiger partial charge is 0.391 e. The summed E-state index contributed by atoms with van der Waals surface area (Å²) in [6.45, 7) is 6.79. The van der Waals surface area contributed by atoms with Crippen molar-refractivity contribution in [3.05, 3.63) is 12.2 Å². The van der Waals surface area contributed by atoms with Crippen LogP contribution in [0.4, 0.5) is 0 Å². The van der Waals surface area contributed by atoms with Gasteiger partial charge in [0.15, 0.2) is 0 Å². The molecule has 0 aliphatic carbocycles. The van der Waals surface area contributed by atoms with Crippen molar-refractivity contribution in [2.24, 2.45) is 0 Å². The quantitative estimate of drug-likeness (QED) is 0.590. The van der Waals surface area contributed by atoms with E-state index in [1.807, 2.05) is 19.1 Å². The Bertz CT molecular complexity index is 110. The van der Waals surface area contributed by atoms with E-state index in [0.717, 1.165) is 6.42 Å². The van der Waals surface area contributed by atoms with Gasteiger partial charge in [-0.15, -0.1) is 0 Å². The summed E-state index contributed by atoms with van der Waals surface area (Å²) in [4.78, 5) is 0. The molecule has 0 aliphatic heterocycles. The SMILES string of the molecule is C/C=C/CC(O)CNC(C)C. The molecule has 0 aromatic heterocycles. The smallest absolute Gasteiger partial charge is 0.0699 e. The molecule has 0 aliphatic rings. The minimum absolute atomic E-state index is 0.242. The topological polar surface area (TPSA) is 32.3 Å². The summed E-state index contributed by atoms with van der Waals surface area (Å²) in [6.07, 6.45) is 4.44. The van der Waals surface area contributed by atoms with Gasteiger partial charge in [-0.3, -0.25) is 0 Å². The molecule has 2 nitrogen and oxygen atoms in total. The summed E-state index contributed by atoms with van der Waals surface area (Å²) in [6, 6.07) is 0.454. The molecular formula is C9H19NO. The third-order valence-electron chi connectivity index (χ3n) is 1.41. The maximum Gasteiger partial charge on any atom is 0.0699 e. The van der Waals surface area contributed by atoms with Gasteiger partial charge in [0.2, 0.25) is 0 Å². The van der Waals surface area contributed by atoms with Crippen LogP contribution in [0.3, 0.4) is 0 Å². The lowest BCUT2D eigenvalue weighted by molar-refractivity contribution is 0.171. The molecule has 0 saturated carbocycles. The van der Waals surface area contributed by atoms with Crippen molar-refractivity contribution in [2.75, 3.05) is 6.54 Å². The zero-order valence-electron chi connectivity index (χ0n) is 7.67. The predicted molar refractivity (Wildman–Crippen MR) is 48.6 cm³/mol. The van der Waals surface area contributed by atoms with Crippen LogP contribution in [-0.2, 0) is 0 Å². The molecule has 0 amide bonds. The van der Waals surface area contributed by atoms with Gasteiger partial charge < -0.3 is 10.4 Å². The number of rotatable bonds is 5. The maximum absolute atomic E-state index is 9.32. The summed E-state index contributed by atoms with van der Waals surface area (Å²) in [5.74, 6) is 0.